The molecule has 9 nitrogen and oxygen atoms in total. The van der Waals surface area contributed by atoms with E-state index < -0.39 is 5.25 Å². The number of piperidine rings is 1. The zero-order chi connectivity index (χ0) is 23.5. The van der Waals surface area contributed by atoms with Gasteiger partial charge >= 0.3 is 5.69 Å². The summed E-state index contributed by atoms with van der Waals surface area (Å²) in [6, 6.07) is 15.3. The molecular weight excluding hydrogens is 450 g/mol. The van der Waals surface area contributed by atoms with Crippen LogP contribution in [-0.4, -0.2) is 53.9 Å². The van der Waals surface area contributed by atoms with Crippen LogP contribution in [0.1, 0.15) is 32.0 Å². The molecule has 1 fully saturated rings. The third kappa shape index (κ3) is 4.92. The van der Waals surface area contributed by atoms with Gasteiger partial charge in [-0.15, -0.1) is 10.2 Å². The molecule has 176 valence electrons. The Hall–Kier alpha value is -3.37. The van der Waals surface area contributed by atoms with E-state index in [2.05, 4.69) is 34.9 Å². The van der Waals surface area contributed by atoms with E-state index in [9.17, 15) is 9.59 Å². The second kappa shape index (κ2) is 9.86. The fourth-order valence-electron chi connectivity index (χ4n) is 4.20. The highest BCUT2D eigenvalue weighted by atomic mass is 32.2. The summed E-state index contributed by atoms with van der Waals surface area (Å²) in [5.74, 6) is 0.729. The Morgan fingerprint density at radius 3 is 2.62 bits per heavy atom. The molecule has 1 saturated heterocycles. The van der Waals surface area contributed by atoms with Gasteiger partial charge in [0.25, 0.3) is 0 Å². The van der Waals surface area contributed by atoms with E-state index in [1.807, 2.05) is 37.3 Å². The van der Waals surface area contributed by atoms with Gasteiger partial charge in [-0.3, -0.25) is 14.3 Å². The zero-order valence-electron chi connectivity index (χ0n) is 19.0. The Morgan fingerprint density at radius 1 is 1.06 bits per heavy atom. The van der Waals surface area contributed by atoms with Crippen molar-refractivity contribution in [3.8, 4) is 5.69 Å². The number of aromatic amines is 2. The number of fused-ring (bicyclic) bond motifs is 1. The lowest BCUT2D eigenvalue weighted by Gasteiger charge is -2.26. The number of hydrogen-bond donors (Lipinski definition) is 3. The van der Waals surface area contributed by atoms with E-state index in [-0.39, 0.29) is 11.6 Å². The zero-order valence-corrected chi connectivity index (χ0v) is 19.8. The normalized spacial score (nSPS) is 15.4. The van der Waals surface area contributed by atoms with Crippen LogP contribution in [0.5, 0.6) is 0 Å². The molecule has 0 spiro atoms. The number of carbonyl (C=O) groups is 1. The molecule has 4 aromatic rings. The Kier molecular flexibility index (Phi) is 6.50. The standard InChI is InChI=1S/C24H27N7O2S/c1-16(22(32)25-17-10-11-19-20(14-17)27-23(33)26-19)34-24-29-28-21(15-30-12-6-3-7-13-30)31(24)18-8-4-2-5-9-18/h2,4-5,8-11,14,16H,3,6-7,12-13,15H2,1H3,(H,25,32)(H2,26,27,33). The minimum atomic E-state index is -0.407. The van der Waals surface area contributed by atoms with E-state index in [1.54, 1.807) is 18.2 Å². The highest BCUT2D eigenvalue weighted by Crippen LogP contribution is 2.27. The van der Waals surface area contributed by atoms with E-state index in [0.717, 1.165) is 31.1 Å². The molecule has 2 aromatic heterocycles. The smallest absolute Gasteiger partial charge is 0.323 e. The van der Waals surface area contributed by atoms with Gasteiger partial charge in [0.2, 0.25) is 5.91 Å². The van der Waals surface area contributed by atoms with E-state index >= 15 is 0 Å². The van der Waals surface area contributed by atoms with E-state index in [4.69, 9.17) is 0 Å². The summed E-state index contributed by atoms with van der Waals surface area (Å²) in [6.07, 6.45) is 3.70. The summed E-state index contributed by atoms with van der Waals surface area (Å²) < 4.78 is 2.06. The number of imidazole rings is 1. The number of likely N-dealkylation sites (tertiary alicyclic amines) is 1. The number of H-pyrrole nitrogens is 2. The van der Waals surface area contributed by atoms with Crippen LogP contribution in [0.25, 0.3) is 16.7 Å². The molecular formula is C24H27N7O2S. The van der Waals surface area contributed by atoms with Crippen LogP contribution in [0.2, 0.25) is 0 Å². The molecule has 34 heavy (non-hydrogen) atoms. The first-order chi connectivity index (χ1) is 16.6. The number of thioether (sulfide) groups is 1. The number of anilines is 1. The fraction of sp³-hybridized carbons (Fsp3) is 0.333. The summed E-state index contributed by atoms with van der Waals surface area (Å²) in [5, 5.41) is 12.2. The number of benzene rings is 2. The minimum Gasteiger partial charge on any atom is -0.325 e. The summed E-state index contributed by atoms with van der Waals surface area (Å²) in [5.41, 5.74) is 2.67. The predicted molar refractivity (Wildman–Crippen MR) is 133 cm³/mol. The number of amides is 1. The highest BCUT2D eigenvalue weighted by Gasteiger charge is 2.23. The van der Waals surface area contributed by atoms with Crippen LogP contribution in [-0.2, 0) is 11.3 Å². The summed E-state index contributed by atoms with van der Waals surface area (Å²) in [6.45, 7) is 4.72. The van der Waals surface area contributed by atoms with Crippen LogP contribution >= 0.6 is 11.8 Å². The first-order valence-electron chi connectivity index (χ1n) is 11.5. The number of para-hydroxylation sites is 1. The SMILES string of the molecule is CC(Sc1nnc(CN2CCCCC2)n1-c1ccccc1)C(=O)Nc1ccc2[nH]c(=O)[nH]c2c1. The lowest BCUT2D eigenvalue weighted by molar-refractivity contribution is -0.115. The van der Waals surface area contributed by atoms with Gasteiger partial charge in [-0.2, -0.15) is 0 Å². The average molecular weight is 478 g/mol. The number of carbonyl (C=O) groups excluding carboxylic acids is 1. The number of aromatic nitrogens is 5. The fourth-order valence-corrected chi connectivity index (χ4v) is 5.09. The summed E-state index contributed by atoms with van der Waals surface area (Å²) >= 11 is 1.38. The number of rotatable bonds is 7. The van der Waals surface area contributed by atoms with Crippen molar-refractivity contribution < 1.29 is 4.79 Å². The van der Waals surface area contributed by atoms with E-state index in [1.165, 1.54) is 31.0 Å². The van der Waals surface area contributed by atoms with Gasteiger partial charge in [0.1, 0.15) is 0 Å². The maximum Gasteiger partial charge on any atom is 0.323 e. The lowest BCUT2D eigenvalue weighted by Crippen LogP contribution is -2.30. The van der Waals surface area contributed by atoms with Gasteiger partial charge < -0.3 is 15.3 Å². The van der Waals surface area contributed by atoms with Gasteiger partial charge in [0, 0.05) is 11.4 Å². The molecule has 0 aliphatic carbocycles. The summed E-state index contributed by atoms with van der Waals surface area (Å²) in [7, 11) is 0. The van der Waals surface area contributed by atoms with Crippen molar-refractivity contribution in [2.24, 2.45) is 0 Å². The van der Waals surface area contributed by atoms with Gasteiger partial charge in [0.15, 0.2) is 11.0 Å². The Balaban J connectivity index is 1.34. The quantitative estimate of drug-likeness (QED) is 0.351. The van der Waals surface area contributed by atoms with Gasteiger partial charge in [-0.1, -0.05) is 36.4 Å². The molecule has 3 heterocycles. The van der Waals surface area contributed by atoms with Crippen molar-refractivity contribution in [3.63, 3.8) is 0 Å². The van der Waals surface area contributed by atoms with Crippen LogP contribution in [0, 0.1) is 0 Å². The second-order valence-electron chi connectivity index (χ2n) is 8.50. The lowest BCUT2D eigenvalue weighted by atomic mass is 10.1. The Labute approximate surface area is 201 Å². The summed E-state index contributed by atoms with van der Waals surface area (Å²) in [4.78, 5) is 32.3. The maximum atomic E-state index is 13.0. The van der Waals surface area contributed by atoms with Crippen LogP contribution < -0.4 is 11.0 Å². The molecule has 2 aromatic carbocycles. The molecule has 0 saturated carbocycles. The molecule has 5 rings (SSSR count). The molecule has 1 unspecified atom stereocenters. The average Bonchev–Trinajstić information content (AvgIpc) is 3.41. The largest absolute Gasteiger partial charge is 0.325 e. The Morgan fingerprint density at radius 2 is 1.82 bits per heavy atom. The predicted octanol–water partition coefficient (Wildman–Crippen LogP) is 3.54. The highest BCUT2D eigenvalue weighted by molar-refractivity contribution is 8.00. The molecule has 1 aliphatic rings. The van der Waals surface area contributed by atoms with Crippen molar-refractivity contribution in [2.45, 2.75) is 43.1 Å². The molecule has 1 amide bonds. The van der Waals surface area contributed by atoms with Crippen molar-refractivity contribution >= 4 is 34.4 Å². The van der Waals surface area contributed by atoms with Crippen molar-refractivity contribution in [1.29, 1.82) is 0 Å². The van der Waals surface area contributed by atoms with Gasteiger partial charge in [-0.25, -0.2) is 4.79 Å². The second-order valence-corrected chi connectivity index (χ2v) is 9.80. The molecule has 3 N–H and O–H groups in total. The maximum absolute atomic E-state index is 13.0. The van der Waals surface area contributed by atoms with Crippen LogP contribution in [0.3, 0.4) is 0 Å². The van der Waals surface area contributed by atoms with Crippen molar-refractivity contribution in [1.82, 2.24) is 29.6 Å². The first kappa shape index (κ1) is 22.4. The molecule has 1 atom stereocenters. The number of nitrogens with one attached hydrogen (secondary N) is 3. The van der Waals surface area contributed by atoms with Crippen LogP contribution in [0.15, 0.2) is 58.5 Å². The topological polar surface area (TPSA) is 112 Å². The molecule has 1 aliphatic heterocycles. The van der Waals surface area contributed by atoms with Gasteiger partial charge in [-0.05, 0) is 63.2 Å². The van der Waals surface area contributed by atoms with Crippen molar-refractivity contribution in [2.75, 3.05) is 18.4 Å². The van der Waals surface area contributed by atoms with Crippen LogP contribution in [0.4, 0.5) is 5.69 Å². The first-order valence-corrected chi connectivity index (χ1v) is 12.4. The minimum absolute atomic E-state index is 0.151. The number of nitrogens with zero attached hydrogens (tertiary/aromatic N) is 4. The van der Waals surface area contributed by atoms with E-state index in [0.29, 0.717) is 21.9 Å². The van der Waals surface area contributed by atoms with Gasteiger partial charge in [0.05, 0.1) is 22.8 Å². The Bertz CT molecular complexity index is 1340. The third-order valence-electron chi connectivity index (χ3n) is 5.96. The molecule has 10 heteroatoms. The molecule has 0 radical (unpaired) electrons. The third-order valence-corrected chi connectivity index (χ3v) is 7.01. The monoisotopic (exact) mass is 477 g/mol. The van der Waals surface area contributed by atoms with Crippen molar-refractivity contribution in [3.05, 3.63) is 64.8 Å². The molecule has 0 bridgehead atoms. The number of hydrogen-bond acceptors (Lipinski definition) is 6.